The molecule has 0 saturated carbocycles. The Hall–Kier alpha value is -1.61. The van der Waals surface area contributed by atoms with Gasteiger partial charge in [-0.15, -0.1) is 11.6 Å². The molecule has 2 aromatic rings. The molecule has 0 unspecified atom stereocenters. The van der Waals surface area contributed by atoms with Crippen molar-refractivity contribution in [2.75, 3.05) is 5.88 Å². The van der Waals surface area contributed by atoms with Crippen LogP contribution in [-0.4, -0.2) is 15.8 Å². The van der Waals surface area contributed by atoms with Crippen molar-refractivity contribution < 1.29 is 0 Å². The third-order valence-electron chi connectivity index (χ3n) is 2.72. The number of hydrogen-bond donors (Lipinski definition) is 1. The first-order valence-corrected chi connectivity index (χ1v) is 6.47. The van der Waals surface area contributed by atoms with Crippen LogP contribution in [0.5, 0.6) is 0 Å². The van der Waals surface area contributed by atoms with E-state index in [1.54, 1.807) is 6.07 Å². The zero-order valence-corrected chi connectivity index (χ0v) is 11.0. The number of halogens is 1. The van der Waals surface area contributed by atoms with Gasteiger partial charge in [0.1, 0.15) is 5.65 Å². The van der Waals surface area contributed by atoms with Crippen LogP contribution in [-0.2, 0) is 0 Å². The summed E-state index contributed by atoms with van der Waals surface area (Å²) in [5, 5.41) is 0.979. The second-order valence-corrected chi connectivity index (χ2v) is 4.56. The fraction of sp³-hybridized carbons (Fsp3) is 0.286. The molecule has 0 fully saturated rings. The zero-order valence-electron chi connectivity index (χ0n) is 10.2. The minimum Gasteiger partial charge on any atom is -0.307 e. The fourth-order valence-electron chi connectivity index (χ4n) is 1.81. The predicted molar refractivity (Wildman–Crippen MR) is 76.1 cm³/mol. The van der Waals surface area contributed by atoms with Crippen molar-refractivity contribution in [2.45, 2.75) is 19.8 Å². The predicted octanol–water partition coefficient (Wildman–Crippen LogP) is 3.26. The number of pyridine rings is 2. The lowest BCUT2D eigenvalue weighted by molar-refractivity contribution is 0.970. The van der Waals surface area contributed by atoms with E-state index in [4.69, 9.17) is 11.6 Å². The quantitative estimate of drug-likeness (QED) is 0.679. The van der Waals surface area contributed by atoms with E-state index >= 15 is 0 Å². The van der Waals surface area contributed by atoms with E-state index in [1.165, 1.54) is 0 Å². The number of allylic oxidation sites excluding steroid dienone is 1. The van der Waals surface area contributed by atoms with Gasteiger partial charge in [0, 0.05) is 17.3 Å². The zero-order chi connectivity index (χ0) is 13.0. The molecule has 0 aliphatic rings. The van der Waals surface area contributed by atoms with E-state index in [2.05, 4.69) is 9.97 Å². The average Bonchev–Trinajstić information content (AvgIpc) is 2.34. The molecule has 2 aromatic heterocycles. The Morgan fingerprint density at radius 3 is 3.06 bits per heavy atom. The summed E-state index contributed by atoms with van der Waals surface area (Å²) in [6, 6.07) is 5.51. The second kappa shape index (κ2) is 5.83. The van der Waals surface area contributed by atoms with Crippen molar-refractivity contribution in [2.24, 2.45) is 0 Å². The molecule has 2 rings (SSSR count). The highest BCUT2D eigenvalue weighted by molar-refractivity contribution is 6.17. The molecule has 0 aromatic carbocycles. The number of aromatic amines is 1. The summed E-state index contributed by atoms with van der Waals surface area (Å²) >= 11 is 5.61. The Morgan fingerprint density at radius 2 is 2.28 bits per heavy atom. The van der Waals surface area contributed by atoms with Crippen molar-refractivity contribution in [3.05, 3.63) is 45.9 Å². The van der Waals surface area contributed by atoms with Crippen LogP contribution in [0.25, 0.3) is 17.1 Å². The number of fused-ring (bicyclic) bond motifs is 1. The van der Waals surface area contributed by atoms with Gasteiger partial charge in [0.15, 0.2) is 0 Å². The van der Waals surface area contributed by atoms with Crippen LogP contribution in [0.4, 0.5) is 0 Å². The smallest absolute Gasteiger partial charge is 0.249 e. The summed E-state index contributed by atoms with van der Waals surface area (Å²) in [4.78, 5) is 18.6. The first-order chi connectivity index (χ1) is 8.70. The summed E-state index contributed by atoms with van der Waals surface area (Å²) < 4.78 is 0. The highest BCUT2D eigenvalue weighted by atomic mass is 35.5. The molecular formula is C14H15ClN2O. The van der Waals surface area contributed by atoms with E-state index in [0.29, 0.717) is 11.5 Å². The molecular weight excluding hydrogens is 248 g/mol. The highest BCUT2D eigenvalue weighted by Gasteiger charge is 2.00. The number of rotatable bonds is 4. The van der Waals surface area contributed by atoms with Crippen LogP contribution in [0.3, 0.4) is 0 Å². The molecule has 94 valence electrons. The molecule has 0 aliphatic carbocycles. The standard InChI is InChI=1S/C14H15ClN2O/c1-10-9-13(18)17-14-12(10)7-6-11(16-14)5-3-2-4-8-15/h3,5-7,9H,2,4,8H2,1H3,(H,16,17,18)/b5-3+. The lowest BCUT2D eigenvalue weighted by Crippen LogP contribution is -2.06. The Bertz CT molecular complexity index is 631. The average molecular weight is 263 g/mol. The van der Waals surface area contributed by atoms with Crippen LogP contribution < -0.4 is 5.56 Å². The Balaban J connectivity index is 2.32. The van der Waals surface area contributed by atoms with Gasteiger partial charge in [-0.3, -0.25) is 4.79 Å². The third kappa shape index (κ3) is 2.99. The molecule has 0 atom stereocenters. The van der Waals surface area contributed by atoms with Crippen molar-refractivity contribution in [1.29, 1.82) is 0 Å². The monoisotopic (exact) mass is 262 g/mol. The van der Waals surface area contributed by atoms with Gasteiger partial charge >= 0.3 is 0 Å². The molecule has 0 spiro atoms. The van der Waals surface area contributed by atoms with Crippen molar-refractivity contribution in [3.63, 3.8) is 0 Å². The van der Waals surface area contributed by atoms with E-state index in [1.807, 2.05) is 31.2 Å². The van der Waals surface area contributed by atoms with E-state index in [9.17, 15) is 4.79 Å². The number of hydrogen-bond acceptors (Lipinski definition) is 2. The Morgan fingerprint density at radius 1 is 1.44 bits per heavy atom. The highest BCUT2D eigenvalue weighted by Crippen LogP contribution is 2.13. The number of aromatic nitrogens is 2. The van der Waals surface area contributed by atoms with Crippen molar-refractivity contribution in [3.8, 4) is 0 Å². The first kappa shape index (κ1) is 12.8. The maximum absolute atomic E-state index is 11.4. The molecule has 1 N–H and O–H groups in total. The van der Waals surface area contributed by atoms with Crippen LogP contribution in [0.2, 0.25) is 0 Å². The number of H-pyrrole nitrogens is 1. The minimum atomic E-state index is -0.115. The molecule has 3 nitrogen and oxygen atoms in total. The third-order valence-corrected chi connectivity index (χ3v) is 2.99. The topological polar surface area (TPSA) is 45.8 Å². The van der Waals surface area contributed by atoms with Gasteiger partial charge in [-0.2, -0.15) is 0 Å². The summed E-state index contributed by atoms with van der Waals surface area (Å²) in [7, 11) is 0. The number of alkyl halides is 1. The summed E-state index contributed by atoms with van der Waals surface area (Å²) in [6.07, 6.45) is 5.90. The number of aryl methyl sites for hydroxylation is 1. The van der Waals surface area contributed by atoms with E-state index in [0.717, 1.165) is 29.5 Å². The largest absolute Gasteiger partial charge is 0.307 e. The first-order valence-electron chi connectivity index (χ1n) is 5.94. The molecule has 4 heteroatoms. The second-order valence-electron chi connectivity index (χ2n) is 4.18. The fourth-order valence-corrected chi connectivity index (χ4v) is 1.96. The van der Waals surface area contributed by atoms with Gasteiger partial charge in [-0.05, 0) is 43.5 Å². The lowest BCUT2D eigenvalue weighted by Gasteiger charge is -2.01. The normalized spacial score (nSPS) is 11.4. The van der Waals surface area contributed by atoms with Crippen LogP contribution in [0.1, 0.15) is 24.1 Å². The Labute approximate surface area is 111 Å². The molecule has 2 heterocycles. The van der Waals surface area contributed by atoms with Gasteiger partial charge in [-0.1, -0.05) is 6.08 Å². The number of unbranched alkanes of at least 4 members (excludes halogenated alkanes) is 1. The lowest BCUT2D eigenvalue weighted by atomic mass is 10.1. The van der Waals surface area contributed by atoms with Crippen molar-refractivity contribution in [1.82, 2.24) is 9.97 Å². The maximum Gasteiger partial charge on any atom is 0.249 e. The summed E-state index contributed by atoms with van der Waals surface area (Å²) in [5.74, 6) is 0.669. The van der Waals surface area contributed by atoms with Crippen LogP contribution >= 0.6 is 11.6 Å². The molecule has 0 amide bonds. The van der Waals surface area contributed by atoms with Gasteiger partial charge in [0.05, 0.1) is 5.69 Å². The summed E-state index contributed by atoms with van der Waals surface area (Å²) in [5.41, 5.74) is 2.31. The molecule has 0 saturated heterocycles. The minimum absolute atomic E-state index is 0.115. The SMILES string of the molecule is Cc1cc(=O)[nH]c2nc(/C=C/CCCCl)ccc12. The number of nitrogens with zero attached hydrogens (tertiary/aromatic N) is 1. The molecule has 0 bridgehead atoms. The Kier molecular flexibility index (Phi) is 4.15. The van der Waals surface area contributed by atoms with Gasteiger partial charge in [0.25, 0.3) is 0 Å². The maximum atomic E-state index is 11.4. The number of nitrogens with one attached hydrogen (secondary N) is 1. The van der Waals surface area contributed by atoms with Crippen LogP contribution in [0, 0.1) is 6.92 Å². The van der Waals surface area contributed by atoms with E-state index in [-0.39, 0.29) is 5.56 Å². The molecule has 18 heavy (non-hydrogen) atoms. The van der Waals surface area contributed by atoms with Gasteiger partial charge < -0.3 is 4.98 Å². The van der Waals surface area contributed by atoms with Gasteiger partial charge in [0.2, 0.25) is 5.56 Å². The van der Waals surface area contributed by atoms with E-state index < -0.39 is 0 Å². The van der Waals surface area contributed by atoms with Crippen LogP contribution in [0.15, 0.2) is 29.1 Å². The summed E-state index contributed by atoms with van der Waals surface area (Å²) in [6.45, 7) is 1.91. The van der Waals surface area contributed by atoms with Gasteiger partial charge in [-0.25, -0.2) is 4.98 Å². The van der Waals surface area contributed by atoms with Crippen molar-refractivity contribution >= 4 is 28.7 Å². The molecule has 0 radical (unpaired) electrons. The molecule has 0 aliphatic heterocycles.